The third-order valence-electron chi connectivity index (χ3n) is 3.75. The van der Waals surface area contributed by atoms with Crippen LogP contribution < -0.4 is 11.3 Å². The number of nitrogens with zero attached hydrogens (tertiary/aromatic N) is 1. The van der Waals surface area contributed by atoms with Gasteiger partial charge in [-0.2, -0.15) is 0 Å². The van der Waals surface area contributed by atoms with Gasteiger partial charge in [-0.15, -0.1) is 11.3 Å². The van der Waals surface area contributed by atoms with E-state index in [4.69, 9.17) is 10.8 Å². The van der Waals surface area contributed by atoms with Crippen LogP contribution in [0.1, 0.15) is 56.2 Å². The lowest BCUT2D eigenvalue weighted by atomic mass is 10.1. The van der Waals surface area contributed by atoms with Crippen LogP contribution in [0, 0.1) is 0 Å². The standard InChI is InChI=1S/C15H25N3S/c16-18-15(11-5-9-14-10-6-12-19-14)17-13-7-3-1-2-4-8-13/h6,10,12-13H,1-5,7-9,11,16H2,(H,17,18). The monoisotopic (exact) mass is 279 g/mol. The first kappa shape index (κ1) is 14.5. The van der Waals surface area contributed by atoms with E-state index in [-0.39, 0.29) is 0 Å². The fourth-order valence-corrected chi connectivity index (χ4v) is 3.42. The molecule has 0 aromatic carbocycles. The summed E-state index contributed by atoms with van der Waals surface area (Å²) in [6.07, 6.45) is 11.1. The van der Waals surface area contributed by atoms with Crippen molar-refractivity contribution in [3.8, 4) is 0 Å². The third-order valence-corrected chi connectivity index (χ3v) is 4.68. The van der Waals surface area contributed by atoms with Crippen LogP contribution in [-0.2, 0) is 6.42 Å². The van der Waals surface area contributed by atoms with E-state index in [0.29, 0.717) is 6.04 Å². The van der Waals surface area contributed by atoms with Crippen molar-refractivity contribution in [3.05, 3.63) is 22.4 Å². The number of thiophene rings is 1. The highest BCUT2D eigenvalue weighted by Gasteiger charge is 2.11. The molecule has 0 bridgehead atoms. The highest BCUT2D eigenvalue weighted by molar-refractivity contribution is 7.09. The zero-order chi connectivity index (χ0) is 13.3. The Morgan fingerprint density at radius 2 is 2.11 bits per heavy atom. The average Bonchev–Trinajstić information content (AvgIpc) is 2.81. The molecule has 0 atom stereocenters. The minimum Gasteiger partial charge on any atom is -0.312 e. The molecule has 0 radical (unpaired) electrons. The number of hydrogen-bond donors (Lipinski definition) is 2. The van der Waals surface area contributed by atoms with E-state index < -0.39 is 0 Å². The molecule has 4 heteroatoms. The van der Waals surface area contributed by atoms with Crippen LogP contribution in [-0.4, -0.2) is 11.9 Å². The fraction of sp³-hybridized carbons (Fsp3) is 0.667. The molecular weight excluding hydrogens is 254 g/mol. The number of hydrazine groups is 1. The number of hydrogen-bond acceptors (Lipinski definition) is 3. The summed E-state index contributed by atoms with van der Waals surface area (Å²) < 4.78 is 0. The van der Waals surface area contributed by atoms with Gasteiger partial charge in [0.2, 0.25) is 0 Å². The van der Waals surface area contributed by atoms with Crippen LogP contribution in [0.3, 0.4) is 0 Å². The van der Waals surface area contributed by atoms with Crippen molar-refractivity contribution in [3.63, 3.8) is 0 Å². The van der Waals surface area contributed by atoms with E-state index >= 15 is 0 Å². The quantitative estimate of drug-likeness (QED) is 0.284. The second-order valence-electron chi connectivity index (χ2n) is 5.30. The predicted molar refractivity (Wildman–Crippen MR) is 83.5 cm³/mol. The van der Waals surface area contributed by atoms with Gasteiger partial charge in [-0.05, 0) is 37.1 Å². The first-order valence-corrected chi connectivity index (χ1v) is 8.32. The minimum absolute atomic E-state index is 0.496. The maximum Gasteiger partial charge on any atom is 0.111 e. The molecule has 0 spiro atoms. The highest BCUT2D eigenvalue weighted by Crippen LogP contribution is 2.20. The summed E-state index contributed by atoms with van der Waals surface area (Å²) in [6.45, 7) is 0. The molecule has 2 rings (SSSR count). The second-order valence-corrected chi connectivity index (χ2v) is 6.33. The van der Waals surface area contributed by atoms with Gasteiger partial charge >= 0.3 is 0 Å². The Hall–Kier alpha value is -0.870. The third kappa shape index (κ3) is 5.33. The summed E-state index contributed by atoms with van der Waals surface area (Å²) in [6, 6.07) is 4.81. The summed E-state index contributed by atoms with van der Waals surface area (Å²) >= 11 is 1.83. The van der Waals surface area contributed by atoms with Crippen molar-refractivity contribution in [2.24, 2.45) is 10.8 Å². The van der Waals surface area contributed by atoms with Gasteiger partial charge in [0.15, 0.2) is 0 Å². The number of aliphatic imine (C=N–C) groups is 1. The molecule has 1 aliphatic carbocycles. The molecule has 3 nitrogen and oxygen atoms in total. The molecule has 1 aromatic rings. The van der Waals surface area contributed by atoms with Crippen molar-refractivity contribution < 1.29 is 0 Å². The summed E-state index contributed by atoms with van der Waals surface area (Å²) in [5.41, 5.74) is 2.80. The van der Waals surface area contributed by atoms with Gasteiger partial charge in [0, 0.05) is 11.3 Å². The van der Waals surface area contributed by atoms with Crippen LogP contribution in [0.15, 0.2) is 22.5 Å². The number of aryl methyl sites for hydroxylation is 1. The molecular formula is C15H25N3S. The van der Waals surface area contributed by atoms with E-state index in [2.05, 4.69) is 22.9 Å². The van der Waals surface area contributed by atoms with E-state index in [1.54, 1.807) is 0 Å². The molecule has 0 amide bonds. The number of amidine groups is 1. The molecule has 19 heavy (non-hydrogen) atoms. The number of rotatable bonds is 5. The molecule has 3 N–H and O–H groups in total. The molecule has 0 unspecified atom stereocenters. The van der Waals surface area contributed by atoms with E-state index in [1.165, 1.54) is 43.4 Å². The minimum atomic E-state index is 0.496. The molecule has 1 fully saturated rings. The topological polar surface area (TPSA) is 50.4 Å². The first-order valence-electron chi connectivity index (χ1n) is 7.44. The van der Waals surface area contributed by atoms with Gasteiger partial charge in [0.25, 0.3) is 0 Å². The Morgan fingerprint density at radius 3 is 2.74 bits per heavy atom. The average molecular weight is 279 g/mol. The molecule has 1 aliphatic rings. The summed E-state index contributed by atoms with van der Waals surface area (Å²) in [5.74, 6) is 6.60. The zero-order valence-electron chi connectivity index (χ0n) is 11.6. The zero-order valence-corrected chi connectivity index (χ0v) is 12.4. The van der Waals surface area contributed by atoms with E-state index in [9.17, 15) is 0 Å². The van der Waals surface area contributed by atoms with E-state index in [1.807, 2.05) is 11.3 Å². The van der Waals surface area contributed by atoms with Gasteiger partial charge in [-0.25, -0.2) is 5.84 Å². The van der Waals surface area contributed by atoms with Crippen molar-refractivity contribution in [2.45, 2.75) is 63.8 Å². The Morgan fingerprint density at radius 1 is 1.32 bits per heavy atom. The second kappa shape index (κ2) is 8.33. The molecule has 1 saturated carbocycles. The van der Waals surface area contributed by atoms with Gasteiger partial charge in [-0.3, -0.25) is 4.99 Å². The summed E-state index contributed by atoms with van der Waals surface area (Å²) in [7, 11) is 0. The van der Waals surface area contributed by atoms with Gasteiger partial charge < -0.3 is 5.43 Å². The molecule has 106 valence electrons. The van der Waals surface area contributed by atoms with Crippen LogP contribution in [0.5, 0.6) is 0 Å². The lowest BCUT2D eigenvalue weighted by molar-refractivity contribution is 0.580. The summed E-state index contributed by atoms with van der Waals surface area (Å²) in [5, 5.41) is 2.14. The number of nitrogens with one attached hydrogen (secondary N) is 1. The molecule has 0 aliphatic heterocycles. The summed E-state index contributed by atoms with van der Waals surface area (Å²) in [4.78, 5) is 6.27. The van der Waals surface area contributed by atoms with Crippen molar-refractivity contribution in [1.29, 1.82) is 0 Å². The smallest absolute Gasteiger partial charge is 0.111 e. The number of nitrogens with two attached hydrogens (primary N) is 1. The highest BCUT2D eigenvalue weighted by atomic mass is 32.1. The first-order chi connectivity index (χ1) is 9.38. The Balaban J connectivity index is 1.77. The maximum absolute atomic E-state index is 5.61. The normalized spacial score (nSPS) is 18.3. The van der Waals surface area contributed by atoms with Crippen molar-refractivity contribution in [1.82, 2.24) is 5.43 Å². The van der Waals surface area contributed by atoms with Crippen LogP contribution in [0.2, 0.25) is 0 Å². The maximum atomic E-state index is 5.61. The fourth-order valence-electron chi connectivity index (χ4n) is 2.67. The SMILES string of the molecule is NNC(CCCc1cccs1)=NC1CCCCCC1. The molecule has 1 aromatic heterocycles. The van der Waals surface area contributed by atoms with Gasteiger partial charge in [0.05, 0.1) is 6.04 Å². The Bertz CT molecular complexity index is 365. The molecule has 1 heterocycles. The Kier molecular flexibility index (Phi) is 6.37. The lowest BCUT2D eigenvalue weighted by Crippen LogP contribution is -2.31. The van der Waals surface area contributed by atoms with Crippen LogP contribution >= 0.6 is 11.3 Å². The van der Waals surface area contributed by atoms with Gasteiger partial charge in [0.1, 0.15) is 5.84 Å². The largest absolute Gasteiger partial charge is 0.312 e. The Labute approximate surface area is 120 Å². The van der Waals surface area contributed by atoms with Crippen molar-refractivity contribution in [2.75, 3.05) is 0 Å². The predicted octanol–water partition coefficient (Wildman–Crippen LogP) is 3.66. The lowest BCUT2D eigenvalue weighted by Gasteiger charge is -2.12. The van der Waals surface area contributed by atoms with Crippen LogP contribution in [0.25, 0.3) is 0 Å². The molecule has 0 saturated heterocycles. The van der Waals surface area contributed by atoms with Crippen molar-refractivity contribution >= 4 is 17.2 Å². The van der Waals surface area contributed by atoms with Crippen LogP contribution in [0.4, 0.5) is 0 Å². The van der Waals surface area contributed by atoms with Gasteiger partial charge in [-0.1, -0.05) is 31.7 Å². The van der Waals surface area contributed by atoms with E-state index in [0.717, 1.165) is 25.1 Å².